The van der Waals surface area contributed by atoms with Gasteiger partial charge in [0.15, 0.2) is 6.61 Å². The van der Waals surface area contributed by atoms with Gasteiger partial charge < -0.3 is 14.8 Å². The minimum absolute atomic E-state index is 0.0322. The van der Waals surface area contributed by atoms with Gasteiger partial charge in [-0.05, 0) is 49.2 Å². The highest BCUT2D eigenvalue weighted by Crippen LogP contribution is 2.22. The van der Waals surface area contributed by atoms with Crippen molar-refractivity contribution in [3.63, 3.8) is 0 Å². The van der Waals surface area contributed by atoms with Gasteiger partial charge in [-0.3, -0.25) is 4.79 Å². The predicted octanol–water partition coefficient (Wildman–Crippen LogP) is 3.92. The van der Waals surface area contributed by atoms with Gasteiger partial charge in [0, 0.05) is 5.69 Å². The van der Waals surface area contributed by atoms with Gasteiger partial charge in [0.2, 0.25) is 0 Å². The lowest BCUT2D eigenvalue weighted by Crippen LogP contribution is -2.20. The summed E-state index contributed by atoms with van der Waals surface area (Å²) in [4.78, 5) is 11.9. The molecule has 1 N–H and O–H groups in total. The first-order chi connectivity index (χ1) is 11.0. The lowest BCUT2D eigenvalue weighted by atomic mass is 10.1. The second kappa shape index (κ2) is 7.58. The Balaban J connectivity index is 1.90. The third-order valence-electron chi connectivity index (χ3n) is 3.12. The van der Waals surface area contributed by atoms with E-state index in [1.165, 1.54) is 24.3 Å². The third-order valence-corrected chi connectivity index (χ3v) is 3.12. The van der Waals surface area contributed by atoms with Crippen LogP contribution in [-0.2, 0) is 4.79 Å². The van der Waals surface area contributed by atoms with Crippen LogP contribution in [0.1, 0.15) is 11.1 Å². The van der Waals surface area contributed by atoms with E-state index in [1.54, 1.807) is 0 Å². The molecular formula is C17H17F2NO3. The zero-order chi connectivity index (χ0) is 16.8. The molecule has 1 amide bonds. The number of benzene rings is 2. The van der Waals surface area contributed by atoms with Crippen molar-refractivity contribution in [3.05, 3.63) is 53.6 Å². The fourth-order valence-electron chi connectivity index (χ4n) is 2.08. The van der Waals surface area contributed by atoms with E-state index in [9.17, 15) is 13.6 Å². The topological polar surface area (TPSA) is 47.6 Å². The van der Waals surface area contributed by atoms with Gasteiger partial charge in [-0.15, -0.1) is 0 Å². The molecule has 2 rings (SSSR count). The van der Waals surface area contributed by atoms with Crippen LogP contribution in [0.3, 0.4) is 0 Å². The maximum absolute atomic E-state index is 12.0. The molecule has 0 atom stereocenters. The standard InChI is InChI=1S/C17H17F2NO3/c1-11-4-3-5-12(2)16(11)22-10-15(21)20-13-6-8-14(9-7-13)23-17(18)19/h3-9,17H,10H2,1-2H3,(H,20,21). The molecule has 23 heavy (non-hydrogen) atoms. The van der Waals surface area contributed by atoms with Crippen LogP contribution in [0.4, 0.5) is 14.5 Å². The summed E-state index contributed by atoms with van der Waals surface area (Å²) in [6, 6.07) is 11.4. The van der Waals surface area contributed by atoms with Crippen molar-refractivity contribution in [3.8, 4) is 11.5 Å². The monoisotopic (exact) mass is 321 g/mol. The lowest BCUT2D eigenvalue weighted by molar-refractivity contribution is -0.118. The van der Waals surface area contributed by atoms with Gasteiger partial charge >= 0.3 is 6.61 Å². The molecule has 122 valence electrons. The van der Waals surface area contributed by atoms with E-state index >= 15 is 0 Å². The van der Waals surface area contributed by atoms with Crippen LogP contribution >= 0.6 is 0 Å². The maximum atomic E-state index is 12.0. The van der Waals surface area contributed by atoms with Crippen molar-refractivity contribution >= 4 is 11.6 Å². The zero-order valence-electron chi connectivity index (χ0n) is 12.8. The van der Waals surface area contributed by atoms with Gasteiger partial charge in [-0.1, -0.05) is 18.2 Å². The van der Waals surface area contributed by atoms with Gasteiger partial charge in [0.1, 0.15) is 11.5 Å². The average molecular weight is 321 g/mol. The van der Waals surface area contributed by atoms with Crippen LogP contribution in [0, 0.1) is 13.8 Å². The Morgan fingerprint density at radius 2 is 1.70 bits per heavy atom. The van der Waals surface area contributed by atoms with E-state index in [2.05, 4.69) is 10.1 Å². The van der Waals surface area contributed by atoms with E-state index in [0.717, 1.165) is 11.1 Å². The van der Waals surface area contributed by atoms with Crippen molar-refractivity contribution in [2.45, 2.75) is 20.5 Å². The van der Waals surface area contributed by atoms with Crippen LogP contribution in [-0.4, -0.2) is 19.1 Å². The van der Waals surface area contributed by atoms with Crippen molar-refractivity contribution in [1.82, 2.24) is 0 Å². The van der Waals surface area contributed by atoms with Gasteiger partial charge in [0.25, 0.3) is 5.91 Å². The first kappa shape index (κ1) is 16.7. The number of alkyl halides is 2. The number of carbonyl (C=O) groups is 1. The Hall–Kier alpha value is -2.63. The third kappa shape index (κ3) is 4.95. The van der Waals surface area contributed by atoms with E-state index < -0.39 is 6.61 Å². The summed E-state index contributed by atoms with van der Waals surface area (Å²) in [6.07, 6.45) is 0. The molecule has 0 fully saturated rings. The number of amides is 1. The van der Waals surface area contributed by atoms with E-state index in [-0.39, 0.29) is 18.3 Å². The zero-order valence-corrected chi connectivity index (χ0v) is 12.8. The summed E-state index contributed by atoms with van der Waals surface area (Å²) in [5, 5.41) is 2.62. The molecule has 0 heterocycles. The number of hydrogen-bond donors (Lipinski definition) is 1. The Kier molecular flexibility index (Phi) is 5.51. The molecule has 0 spiro atoms. The molecular weight excluding hydrogens is 304 g/mol. The highest BCUT2D eigenvalue weighted by atomic mass is 19.3. The molecule has 0 saturated carbocycles. The minimum atomic E-state index is -2.87. The summed E-state index contributed by atoms with van der Waals surface area (Å²) >= 11 is 0. The molecule has 2 aromatic carbocycles. The van der Waals surface area contributed by atoms with Crippen LogP contribution in [0.15, 0.2) is 42.5 Å². The molecule has 0 aliphatic heterocycles. The summed E-state index contributed by atoms with van der Waals surface area (Å²) in [7, 11) is 0. The van der Waals surface area contributed by atoms with E-state index in [4.69, 9.17) is 4.74 Å². The minimum Gasteiger partial charge on any atom is -0.483 e. The van der Waals surface area contributed by atoms with Crippen molar-refractivity contribution in [1.29, 1.82) is 0 Å². The smallest absolute Gasteiger partial charge is 0.387 e. The molecule has 4 nitrogen and oxygen atoms in total. The lowest BCUT2D eigenvalue weighted by Gasteiger charge is -2.12. The molecule has 0 saturated heterocycles. The Labute approximate surface area is 133 Å². The quantitative estimate of drug-likeness (QED) is 0.877. The van der Waals surface area contributed by atoms with Crippen LogP contribution < -0.4 is 14.8 Å². The first-order valence-corrected chi connectivity index (χ1v) is 6.99. The van der Waals surface area contributed by atoms with Gasteiger partial charge in [-0.25, -0.2) is 0 Å². The van der Waals surface area contributed by atoms with Gasteiger partial charge in [-0.2, -0.15) is 8.78 Å². The highest BCUT2D eigenvalue weighted by Gasteiger charge is 2.08. The number of halogens is 2. The average Bonchev–Trinajstić information content (AvgIpc) is 2.48. The Bertz CT molecular complexity index is 652. The summed E-state index contributed by atoms with van der Waals surface area (Å²) < 4.78 is 33.9. The SMILES string of the molecule is Cc1cccc(C)c1OCC(=O)Nc1ccc(OC(F)F)cc1. The second-order valence-corrected chi connectivity index (χ2v) is 4.96. The molecule has 0 aliphatic rings. The summed E-state index contributed by atoms with van der Waals surface area (Å²) in [6.45, 7) is 0.798. The van der Waals surface area contributed by atoms with Crippen LogP contribution in [0.2, 0.25) is 0 Å². The Morgan fingerprint density at radius 3 is 2.26 bits per heavy atom. The van der Waals surface area contributed by atoms with Gasteiger partial charge in [0.05, 0.1) is 0 Å². The number of rotatable bonds is 6. The predicted molar refractivity (Wildman–Crippen MR) is 83.1 cm³/mol. The first-order valence-electron chi connectivity index (χ1n) is 6.99. The number of nitrogens with one attached hydrogen (secondary N) is 1. The summed E-state index contributed by atoms with van der Waals surface area (Å²) in [5.41, 5.74) is 2.37. The fraction of sp³-hybridized carbons (Fsp3) is 0.235. The summed E-state index contributed by atoms with van der Waals surface area (Å²) in [5.74, 6) is 0.378. The molecule has 0 aliphatic carbocycles. The second-order valence-electron chi connectivity index (χ2n) is 4.96. The van der Waals surface area contributed by atoms with Crippen molar-refractivity contribution in [2.75, 3.05) is 11.9 Å². The number of para-hydroxylation sites is 1. The van der Waals surface area contributed by atoms with E-state index in [0.29, 0.717) is 11.4 Å². The van der Waals surface area contributed by atoms with Crippen molar-refractivity contribution in [2.24, 2.45) is 0 Å². The number of aryl methyl sites for hydroxylation is 2. The maximum Gasteiger partial charge on any atom is 0.387 e. The largest absolute Gasteiger partial charge is 0.483 e. The molecule has 0 aromatic heterocycles. The number of ether oxygens (including phenoxy) is 2. The van der Waals surface area contributed by atoms with Crippen molar-refractivity contribution < 1.29 is 23.0 Å². The molecule has 0 bridgehead atoms. The number of carbonyl (C=O) groups excluding carboxylic acids is 1. The number of anilines is 1. The molecule has 0 unspecified atom stereocenters. The fourth-order valence-corrected chi connectivity index (χ4v) is 2.08. The van der Waals surface area contributed by atoms with E-state index in [1.807, 2.05) is 32.0 Å². The van der Waals surface area contributed by atoms with Crippen LogP contribution in [0.5, 0.6) is 11.5 Å². The van der Waals surface area contributed by atoms with Crippen LogP contribution in [0.25, 0.3) is 0 Å². The normalized spacial score (nSPS) is 10.5. The number of hydrogen-bond acceptors (Lipinski definition) is 3. The highest BCUT2D eigenvalue weighted by molar-refractivity contribution is 5.91. The molecule has 2 aromatic rings. The Morgan fingerprint density at radius 1 is 1.09 bits per heavy atom. The molecule has 0 radical (unpaired) electrons. The molecule has 6 heteroatoms.